The molecule has 0 saturated carbocycles. The van der Waals surface area contributed by atoms with E-state index in [-0.39, 0.29) is 5.91 Å². The van der Waals surface area contributed by atoms with Gasteiger partial charge < -0.3 is 5.11 Å². The van der Waals surface area contributed by atoms with Gasteiger partial charge in [-0.2, -0.15) is 0 Å². The van der Waals surface area contributed by atoms with E-state index in [2.05, 4.69) is 9.88 Å². The summed E-state index contributed by atoms with van der Waals surface area (Å²) in [6, 6.07) is 0. The van der Waals surface area contributed by atoms with Crippen LogP contribution in [0, 0.1) is 0 Å². The van der Waals surface area contributed by atoms with Gasteiger partial charge in [0.2, 0.25) is 5.91 Å². The van der Waals surface area contributed by atoms with Crippen LogP contribution in [-0.2, 0) is 11.3 Å². The number of anilines is 1. The molecule has 1 N–H and O–H groups in total. The van der Waals surface area contributed by atoms with Crippen molar-refractivity contribution < 1.29 is 9.90 Å². The van der Waals surface area contributed by atoms with Crippen molar-refractivity contribution in [2.24, 2.45) is 0 Å². The van der Waals surface area contributed by atoms with Gasteiger partial charge in [0.15, 0.2) is 5.13 Å². The van der Waals surface area contributed by atoms with Gasteiger partial charge >= 0.3 is 0 Å². The van der Waals surface area contributed by atoms with E-state index >= 15 is 0 Å². The van der Waals surface area contributed by atoms with Gasteiger partial charge in [-0.25, -0.2) is 4.98 Å². The molecule has 1 atom stereocenters. The van der Waals surface area contributed by atoms with Crippen LogP contribution >= 0.6 is 11.3 Å². The van der Waals surface area contributed by atoms with Crippen LogP contribution < -0.4 is 4.90 Å². The molecule has 2 rings (SSSR count). The maximum absolute atomic E-state index is 11.5. The van der Waals surface area contributed by atoms with Crippen molar-refractivity contribution in [3.05, 3.63) is 11.1 Å². The Morgan fingerprint density at radius 3 is 3.00 bits per heavy atom. The molecule has 0 radical (unpaired) electrons. The van der Waals surface area contributed by atoms with Gasteiger partial charge in [-0.15, -0.1) is 11.3 Å². The normalized spacial score (nSPS) is 23.8. The Hall–Kier alpha value is -0.980. The van der Waals surface area contributed by atoms with E-state index in [0.717, 1.165) is 36.8 Å². The molecule has 1 aliphatic heterocycles. The Bertz CT molecular complexity index is 473. The zero-order chi connectivity index (χ0) is 14.8. The van der Waals surface area contributed by atoms with Crippen molar-refractivity contribution >= 4 is 22.4 Å². The van der Waals surface area contributed by atoms with Crippen LogP contribution in [0.15, 0.2) is 5.38 Å². The number of carbonyl (C=O) groups is 1. The van der Waals surface area contributed by atoms with Gasteiger partial charge in [0, 0.05) is 31.9 Å². The van der Waals surface area contributed by atoms with Gasteiger partial charge in [0.25, 0.3) is 0 Å². The average Bonchev–Trinajstić information content (AvgIpc) is 2.76. The highest BCUT2D eigenvalue weighted by molar-refractivity contribution is 7.14. The summed E-state index contributed by atoms with van der Waals surface area (Å²) in [5, 5.41) is 12.9. The molecule has 1 amide bonds. The van der Waals surface area contributed by atoms with E-state index in [1.807, 2.05) is 19.2 Å². The summed E-state index contributed by atoms with van der Waals surface area (Å²) >= 11 is 1.50. The number of β-amino-alcohol motifs (C(OH)–C–C–N with tert-alkyl or cyclic N) is 1. The topological polar surface area (TPSA) is 56.7 Å². The predicted octanol–water partition coefficient (Wildman–Crippen LogP) is 1.86. The first-order valence-corrected chi connectivity index (χ1v) is 7.96. The highest BCUT2D eigenvalue weighted by Gasteiger charge is 2.28. The second-order valence-corrected chi connectivity index (χ2v) is 6.53. The highest BCUT2D eigenvalue weighted by atomic mass is 32.1. The number of piperidine rings is 1. The Kier molecular flexibility index (Phi) is 4.78. The van der Waals surface area contributed by atoms with E-state index in [1.54, 1.807) is 11.8 Å². The summed E-state index contributed by atoms with van der Waals surface area (Å²) in [7, 11) is 0. The second-order valence-electron chi connectivity index (χ2n) is 5.70. The molecule has 1 saturated heterocycles. The molecule has 1 aliphatic rings. The Labute approximate surface area is 124 Å². The number of rotatable bonds is 4. The van der Waals surface area contributed by atoms with Crippen molar-refractivity contribution in [3.8, 4) is 0 Å². The maximum atomic E-state index is 11.5. The fourth-order valence-electron chi connectivity index (χ4n) is 2.67. The molecule has 20 heavy (non-hydrogen) atoms. The summed E-state index contributed by atoms with van der Waals surface area (Å²) in [5.74, 6) is 0.0225. The maximum Gasteiger partial charge on any atom is 0.225 e. The number of amides is 1. The zero-order valence-corrected chi connectivity index (χ0v) is 13.2. The molecule has 1 aromatic heterocycles. The van der Waals surface area contributed by atoms with E-state index < -0.39 is 5.60 Å². The largest absolute Gasteiger partial charge is 0.389 e. The first-order valence-electron chi connectivity index (χ1n) is 7.08. The lowest BCUT2D eigenvalue weighted by molar-refractivity contribution is -0.116. The fraction of sp³-hybridized carbons (Fsp3) is 0.714. The SMILES string of the molecule is CCN(C(C)=O)c1nc(CN2CCCC(C)(O)C2)cs1. The van der Waals surface area contributed by atoms with Gasteiger partial charge in [0.05, 0.1) is 11.3 Å². The van der Waals surface area contributed by atoms with Crippen molar-refractivity contribution in [3.63, 3.8) is 0 Å². The molecule has 0 aliphatic carbocycles. The van der Waals surface area contributed by atoms with Crippen LogP contribution in [0.4, 0.5) is 5.13 Å². The Morgan fingerprint density at radius 2 is 2.40 bits per heavy atom. The Balaban J connectivity index is 2.01. The van der Waals surface area contributed by atoms with Crippen molar-refractivity contribution in [1.29, 1.82) is 0 Å². The van der Waals surface area contributed by atoms with Gasteiger partial charge in [-0.05, 0) is 33.2 Å². The third kappa shape index (κ3) is 3.77. The minimum atomic E-state index is -0.591. The van der Waals surface area contributed by atoms with Gasteiger partial charge in [-0.3, -0.25) is 14.6 Å². The number of hydrogen-bond acceptors (Lipinski definition) is 5. The monoisotopic (exact) mass is 297 g/mol. The quantitative estimate of drug-likeness (QED) is 0.921. The number of thiazole rings is 1. The number of carbonyl (C=O) groups excluding carboxylic acids is 1. The average molecular weight is 297 g/mol. The lowest BCUT2D eigenvalue weighted by Gasteiger charge is -2.36. The molecule has 5 nitrogen and oxygen atoms in total. The van der Waals surface area contributed by atoms with Crippen LogP contribution in [-0.4, -0.2) is 46.1 Å². The van der Waals surface area contributed by atoms with Crippen molar-refractivity contribution in [1.82, 2.24) is 9.88 Å². The Morgan fingerprint density at radius 1 is 1.65 bits per heavy atom. The number of hydrogen-bond donors (Lipinski definition) is 1. The summed E-state index contributed by atoms with van der Waals surface area (Å²) in [5.41, 5.74) is 0.383. The van der Waals surface area contributed by atoms with E-state index in [9.17, 15) is 9.90 Å². The molecule has 0 spiro atoms. The summed E-state index contributed by atoms with van der Waals surface area (Å²) in [4.78, 5) is 20.0. The number of nitrogens with zero attached hydrogens (tertiary/aromatic N) is 3. The molecular formula is C14H23N3O2S. The summed E-state index contributed by atoms with van der Waals surface area (Å²) in [6.07, 6.45) is 1.87. The van der Waals surface area contributed by atoms with Crippen LogP contribution in [0.2, 0.25) is 0 Å². The highest BCUT2D eigenvalue weighted by Crippen LogP contribution is 2.25. The molecule has 112 valence electrons. The predicted molar refractivity (Wildman–Crippen MR) is 80.9 cm³/mol. The van der Waals surface area contributed by atoms with Crippen molar-refractivity contribution in [2.45, 2.75) is 45.8 Å². The molecule has 1 fully saturated rings. The molecular weight excluding hydrogens is 274 g/mol. The van der Waals surface area contributed by atoms with E-state index in [4.69, 9.17) is 0 Å². The lowest BCUT2D eigenvalue weighted by Crippen LogP contribution is -2.45. The lowest BCUT2D eigenvalue weighted by atomic mass is 9.95. The molecule has 2 heterocycles. The standard InChI is InChI=1S/C14H23N3O2S/c1-4-17(11(2)18)13-15-12(9-20-13)8-16-7-5-6-14(3,19)10-16/h9,19H,4-8,10H2,1-3H3. The van der Waals surface area contributed by atoms with Gasteiger partial charge in [0.1, 0.15) is 0 Å². The van der Waals surface area contributed by atoms with Crippen LogP contribution in [0.1, 0.15) is 39.3 Å². The number of likely N-dealkylation sites (tertiary alicyclic amines) is 1. The van der Waals surface area contributed by atoms with E-state index in [1.165, 1.54) is 11.3 Å². The number of aromatic nitrogens is 1. The van der Waals surface area contributed by atoms with Gasteiger partial charge in [-0.1, -0.05) is 0 Å². The summed E-state index contributed by atoms with van der Waals surface area (Å²) < 4.78 is 0. The summed E-state index contributed by atoms with van der Waals surface area (Å²) in [6.45, 7) is 8.46. The van der Waals surface area contributed by atoms with Crippen LogP contribution in [0.5, 0.6) is 0 Å². The number of aliphatic hydroxyl groups is 1. The molecule has 0 aromatic carbocycles. The van der Waals surface area contributed by atoms with Crippen LogP contribution in [0.3, 0.4) is 0 Å². The fourth-order valence-corrected chi connectivity index (χ4v) is 3.60. The van der Waals surface area contributed by atoms with E-state index in [0.29, 0.717) is 13.1 Å². The molecule has 0 bridgehead atoms. The van der Waals surface area contributed by atoms with Crippen LogP contribution in [0.25, 0.3) is 0 Å². The van der Waals surface area contributed by atoms with Crippen molar-refractivity contribution in [2.75, 3.05) is 24.5 Å². The molecule has 6 heteroatoms. The minimum absolute atomic E-state index is 0.0225. The smallest absolute Gasteiger partial charge is 0.225 e. The molecule has 1 unspecified atom stereocenters. The molecule has 1 aromatic rings. The second kappa shape index (κ2) is 6.20. The zero-order valence-electron chi connectivity index (χ0n) is 12.4. The first kappa shape index (κ1) is 15.4. The third-order valence-corrected chi connectivity index (χ3v) is 4.52. The first-order chi connectivity index (χ1) is 9.41. The minimum Gasteiger partial charge on any atom is -0.389 e. The third-order valence-electron chi connectivity index (χ3n) is 3.61.